The van der Waals surface area contributed by atoms with E-state index in [1.807, 2.05) is 6.92 Å². The molecule has 0 amide bonds. The number of hydrogen-bond acceptors (Lipinski definition) is 2. The first-order valence-electron chi connectivity index (χ1n) is 8.58. The van der Waals surface area contributed by atoms with Crippen molar-refractivity contribution in [3.05, 3.63) is 35.4 Å². The van der Waals surface area contributed by atoms with Gasteiger partial charge in [0.15, 0.2) is 5.96 Å². The van der Waals surface area contributed by atoms with Gasteiger partial charge in [-0.1, -0.05) is 29.8 Å². The van der Waals surface area contributed by atoms with Crippen LogP contribution in [0.15, 0.2) is 29.3 Å². The SMILES string of the molecule is CCNC(=NCC(F)F)NCC1CCCOC1c1ccc(C)cc1.I. The Hall–Kier alpha value is -0.960. The largest absolute Gasteiger partial charge is 0.373 e. The van der Waals surface area contributed by atoms with Crippen LogP contribution in [0.2, 0.25) is 0 Å². The fraction of sp³-hybridized carbons (Fsp3) is 0.611. The summed E-state index contributed by atoms with van der Waals surface area (Å²) in [6, 6.07) is 8.39. The predicted molar refractivity (Wildman–Crippen MR) is 108 cm³/mol. The molecule has 0 bridgehead atoms. The Labute approximate surface area is 165 Å². The number of rotatable bonds is 6. The zero-order valence-electron chi connectivity index (χ0n) is 14.8. The number of hydrogen-bond donors (Lipinski definition) is 2. The lowest BCUT2D eigenvalue weighted by molar-refractivity contribution is -0.0265. The van der Waals surface area contributed by atoms with Crippen molar-refractivity contribution < 1.29 is 13.5 Å². The van der Waals surface area contributed by atoms with Crippen LogP contribution in [0.4, 0.5) is 8.78 Å². The minimum atomic E-state index is -2.43. The molecule has 0 saturated carbocycles. The van der Waals surface area contributed by atoms with Crippen molar-refractivity contribution in [2.45, 2.75) is 39.2 Å². The standard InChI is InChI=1S/C18H27F2N3O.HI/c1-3-21-18(23-12-16(19)20)22-11-15-5-4-10-24-17(15)14-8-6-13(2)7-9-14;/h6-9,15-17H,3-5,10-12H2,1-2H3,(H2,21,22,23);1H. The Morgan fingerprint density at radius 2 is 2.00 bits per heavy atom. The summed E-state index contributed by atoms with van der Waals surface area (Å²) >= 11 is 0. The van der Waals surface area contributed by atoms with Gasteiger partial charge in [0.25, 0.3) is 6.43 Å². The highest BCUT2D eigenvalue weighted by atomic mass is 127. The van der Waals surface area contributed by atoms with E-state index in [0.29, 0.717) is 19.0 Å². The zero-order valence-corrected chi connectivity index (χ0v) is 17.1. The van der Waals surface area contributed by atoms with Gasteiger partial charge in [-0.15, -0.1) is 24.0 Å². The molecule has 2 N–H and O–H groups in total. The minimum absolute atomic E-state index is 0. The number of halogens is 3. The van der Waals surface area contributed by atoms with E-state index in [1.54, 1.807) is 0 Å². The van der Waals surface area contributed by atoms with Gasteiger partial charge in [0.1, 0.15) is 6.54 Å². The molecule has 0 radical (unpaired) electrons. The highest BCUT2D eigenvalue weighted by molar-refractivity contribution is 14.0. The first kappa shape index (κ1) is 22.1. The van der Waals surface area contributed by atoms with E-state index in [-0.39, 0.29) is 36.0 Å². The molecule has 1 saturated heterocycles. The van der Waals surface area contributed by atoms with Gasteiger partial charge < -0.3 is 15.4 Å². The normalized spacial score (nSPS) is 20.9. The molecule has 2 atom stereocenters. The molecule has 1 heterocycles. The van der Waals surface area contributed by atoms with E-state index in [1.165, 1.54) is 11.1 Å². The van der Waals surface area contributed by atoms with Crippen molar-refractivity contribution in [2.24, 2.45) is 10.9 Å². The molecule has 1 aliphatic rings. The number of alkyl halides is 2. The maximum atomic E-state index is 12.4. The molecule has 1 aliphatic heterocycles. The Morgan fingerprint density at radius 1 is 1.28 bits per heavy atom. The zero-order chi connectivity index (χ0) is 17.4. The third-order valence-electron chi connectivity index (χ3n) is 4.11. The van der Waals surface area contributed by atoms with Crippen LogP contribution in [-0.2, 0) is 4.74 Å². The van der Waals surface area contributed by atoms with E-state index in [4.69, 9.17) is 4.74 Å². The van der Waals surface area contributed by atoms with E-state index in [2.05, 4.69) is 46.8 Å². The Bertz CT molecular complexity index is 526. The third kappa shape index (κ3) is 7.43. The summed E-state index contributed by atoms with van der Waals surface area (Å²) in [5.74, 6) is 0.725. The number of nitrogens with zero attached hydrogens (tertiary/aromatic N) is 1. The van der Waals surface area contributed by atoms with Crippen molar-refractivity contribution in [3.63, 3.8) is 0 Å². The van der Waals surface area contributed by atoms with Crippen LogP contribution < -0.4 is 10.6 Å². The quantitative estimate of drug-likeness (QED) is 0.379. The highest BCUT2D eigenvalue weighted by Gasteiger charge is 2.27. The van der Waals surface area contributed by atoms with Crippen molar-refractivity contribution >= 4 is 29.9 Å². The van der Waals surface area contributed by atoms with Crippen molar-refractivity contribution in [3.8, 4) is 0 Å². The van der Waals surface area contributed by atoms with Crippen LogP contribution in [0.1, 0.15) is 37.0 Å². The average Bonchev–Trinajstić information content (AvgIpc) is 2.58. The van der Waals surface area contributed by atoms with Gasteiger partial charge in [0.05, 0.1) is 6.10 Å². The summed E-state index contributed by atoms with van der Waals surface area (Å²) in [7, 11) is 0. The molecule has 142 valence electrons. The predicted octanol–water partition coefficient (Wildman–Crippen LogP) is 3.90. The number of nitrogens with one attached hydrogen (secondary N) is 2. The van der Waals surface area contributed by atoms with Gasteiger partial charge in [-0.2, -0.15) is 0 Å². The summed E-state index contributed by atoms with van der Waals surface area (Å²) in [4.78, 5) is 3.91. The van der Waals surface area contributed by atoms with Gasteiger partial charge >= 0.3 is 0 Å². The summed E-state index contributed by atoms with van der Waals surface area (Å²) in [6.07, 6.45) is -0.345. The first-order valence-corrected chi connectivity index (χ1v) is 8.58. The second-order valence-electron chi connectivity index (χ2n) is 6.10. The van der Waals surface area contributed by atoms with Crippen LogP contribution in [0.5, 0.6) is 0 Å². The van der Waals surface area contributed by atoms with Gasteiger partial charge in [-0.25, -0.2) is 13.8 Å². The maximum Gasteiger partial charge on any atom is 0.257 e. The van der Waals surface area contributed by atoms with Gasteiger partial charge in [-0.3, -0.25) is 0 Å². The lowest BCUT2D eigenvalue weighted by atomic mass is 9.89. The second kappa shape index (κ2) is 11.6. The Kier molecular flexibility index (Phi) is 10.3. The molecule has 4 nitrogen and oxygen atoms in total. The van der Waals surface area contributed by atoms with Crippen LogP contribution in [0.3, 0.4) is 0 Å². The topological polar surface area (TPSA) is 45.7 Å². The fourth-order valence-corrected chi connectivity index (χ4v) is 2.91. The van der Waals surface area contributed by atoms with Crippen LogP contribution in [0, 0.1) is 12.8 Å². The fourth-order valence-electron chi connectivity index (χ4n) is 2.91. The second-order valence-corrected chi connectivity index (χ2v) is 6.10. The molecule has 0 spiro atoms. The van der Waals surface area contributed by atoms with Gasteiger partial charge in [-0.05, 0) is 32.3 Å². The summed E-state index contributed by atoms with van der Waals surface area (Å²) in [6.45, 7) is 5.53. The van der Waals surface area contributed by atoms with Crippen LogP contribution in [0.25, 0.3) is 0 Å². The number of ether oxygens (including phenoxy) is 1. The smallest absolute Gasteiger partial charge is 0.257 e. The summed E-state index contributed by atoms with van der Waals surface area (Å²) in [5, 5.41) is 6.19. The van der Waals surface area contributed by atoms with Gasteiger partial charge in [0.2, 0.25) is 0 Å². The monoisotopic (exact) mass is 467 g/mol. The number of benzene rings is 1. The maximum absolute atomic E-state index is 12.4. The molecule has 0 aromatic heterocycles. The molecule has 25 heavy (non-hydrogen) atoms. The number of guanidine groups is 1. The molecule has 7 heteroatoms. The average molecular weight is 467 g/mol. The molecular weight excluding hydrogens is 439 g/mol. The van der Waals surface area contributed by atoms with Crippen LogP contribution >= 0.6 is 24.0 Å². The van der Waals surface area contributed by atoms with Crippen molar-refractivity contribution in [1.82, 2.24) is 10.6 Å². The summed E-state index contributed by atoms with van der Waals surface area (Å²) < 4.78 is 30.7. The van der Waals surface area contributed by atoms with E-state index < -0.39 is 13.0 Å². The van der Waals surface area contributed by atoms with E-state index >= 15 is 0 Å². The van der Waals surface area contributed by atoms with E-state index in [9.17, 15) is 8.78 Å². The van der Waals surface area contributed by atoms with Crippen molar-refractivity contribution in [2.75, 3.05) is 26.2 Å². The minimum Gasteiger partial charge on any atom is -0.373 e. The number of aryl methyl sites for hydroxylation is 1. The number of aliphatic imine (C=N–C) groups is 1. The summed E-state index contributed by atoms with van der Waals surface area (Å²) in [5.41, 5.74) is 2.39. The molecule has 1 aromatic carbocycles. The molecule has 0 aliphatic carbocycles. The molecule has 2 unspecified atom stereocenters. The first-order chi connectivity index (χ1) is 11.6. The van der Waals surface area contributed by atoms with E-state index in [0.717, 1.165) is 19.4 Å². The highest BCUT2D eigenvalue weighted by Crippen LogP contribution is 2.33. The van der Waals surface area contributed by atoms with Crippen LogP contribution in [-0.4, -0.2) is 38.6 Å². The Morgan fingerprint density at radius 3 is 2.64 bits per heavy atom. The third-order valence-corrected chi connectivity index (χ3v) is 4.11. The lowest BCUT2D eigenvalue weighted by Crippen LogP contribution is -2.42. The van der Waals surface area contributed by atoms with Crippen molar-refractivity contribution in [1.29, 1.82) is 0 Å². The Balaban J connectivity index is 0.00000312. The molecule has 1 fully saturated rings. The molecule has 2 rings (SSSR count). The molecular formula is C18H28F2IN3O. The van der Waals surface area contributed by atoms with Gasteiger partial charge in [0, 0.05) is 25.6 Å². The lowest BCUT2D eigenvalue weighted by Gasteiger charge is -2.32. The molecule has 1 aromatic rings.